The number of nitrogens with zero attached hydrogens (tertiary/aromatic N) is 1. The largest absolute Gasteiger partial charge is 0.393 e. The number of fused-ring (bicyclic) bond motifs is 1. The lowest BCUT2D eigenvalue weighted by Crippen LogP contribution is -2.40. The first kappa shape index (κ1) is 24.3. The fourth-order valence-electron chi connectivity index (χ4n) is 7.69. The van der Waals surface area contributed by atoms with E-state index in [1.54, 1.807) is 5.57 Å². The first-order valence-corrected chi connectivity index (χ1v) is 12.9. The van der Waals surface area contributed by atoms with Gasteiger partial charge in [-0.3, -0.25) is 0 Å². The van der Waals surface area contributed by atoms with E-state index in [1.807, 2.05) is 0 Å². The number of allylic oxidation sites excluding steroid dienone is 3. The fraction of sp³-hybridized carbons (Fsp3) is 0.852. The van der Waals surface area contributed by atoms with Gasteiger partial charge in [-0.2, -0.15) is 0 Å². The van der Waals surface area contributed by atoms with Crippen molar-refractivity contribution in [1.82, 2.24) is 4.90 Å². The van der Waals surface area contributed by atoms with Gasteiger partial charge in [-0.15, -0.1) is 0 Å². The zero-order valence-corrected chi connectivity index (χ0v) is 20.2. The van der Waals surface area contributed by atoms with E-state index in [0.29, 0.717) is 55.4 Å². The Labute approximate surface area is 193 Å². The Morgan fingerprint density at radius 2 is 1.88 bits per heavy atom. The predicted octanol–water partition coefficient (Wildman–Crippen LogP) is 5.57. The van der Waals surface area contributed by atoms with Crippen LogP contribution in [0, 0.1) is 29.1 Å². The highest BCUT2D eigenvalue weighted by Gasteiger charge is 2.51. The van der Waals surface area contributed by atoms with Crippen LogP contribution in [0.25, 0.3) is 0 Å². The van der Waals surface area contributed by atoms with Crippen LogP contribution < -0.4 is 0 Å². The molecular weight excluding hydrogens is 408 g/mol. The van der Waals surface area contributed by atoms with E-state index in [2.05, 4.69) is 30.9 Å². The summed E-state index contributed by atoms with van der Waals surface area (Å²) >= 11 is 0. The molecule has 0 spiro atoms. The molecule has 32 heavy (non-hydrogen) atoms. The lowest BCUT2D eigenvalue weighted by molar-refractivity contribution is -0.0360. The molecule has 182 valence electrons. The molecule has 1 saturated heterocycles. The minimum absolute atomic E-state index is 0.293. The van der Waals surface area contributed by atoms with Crippen LogP contribution in [0.1, 0.15) is 78.6 Å². The van der Waals surface area contributed by atoms with Crippen LogP contribution in [-0.4, -0.2) is 52.9 Å². The molecule has 4 rings (SSSR count). The van der Waals surface area contributed by atoms with Gasteiger partial charge in [0.25, 0.3) is 0 Å². The maximum atomic E-state index is 13.7. The zero-order valence-electron chi connectivity index (χ0n) is 20.2. The molecule has 4 fully saturated rings. The van der Waals surface area contributed by atoms with E-state index in [1.165, 1.54) is 25.7 Å². The second-order valence-corrected chi connectivity index (χ2v) is 11.8. The number of aliphatic hydroxyl groups excluding tert-OH is 2. The van der Waals surface area contributed by atoms with Crippen molar-refractivity contribution in [2.75, 3.05) is 19.6 Å². The van der Waals surface area contributed by atoms with Gasteiger partial charge in [-0.25, -0.2) is 8.78 Å². The number of hydrogen-bond donors (Lipinski definition) is 2. The van der Waals surface area contributed by atoms with Crippen LogP contribution in [0.2, 0.25) is 0 Å². The van der Waals surface area contributed by atoms with E-state index in [-0.39, 0.29) is 0 Å². The number of likely N-dealkylation sites (tertiary alicyclic amines) is 1. The molecule has 0 amide bonds. The van der Waals surface area contributed by atoms with Crippen molar-refractivity contribution in [2.24, 2.45) is 29.1 Å². The lowest BCUT2D eigenvalue weighted by Gasteiger charge is -2.45. The highest BCUT2D eigenvalue weighted by molar-refractivity contribution is 5.26. The average molecular weight is 452 g/mol. The maximum absolute atomic E-state index is 13.7. The summed E-state index contributed by atoms with van der Waals surface area (Å²) in [6, 6.07) is 0. The van der Waals surface area contributed by atoms with E-state index < -0.39 is 24.0 Å². The van der Waals surface area contributed by atoms with Gasteiger partial charge >= 0.3 is 0 Å². The smallest absolute Gasteiger partial charge is 0.249 e. The van der Waals surface area contributed by atoms with Crippen molar-refractivity contribution in [3.63, 3.8) is 0 Å². The minimum atomic E-state index is -2.57. The van der Waals surface area contributed by atoms with Gasteiger partial charge in [0.2, 0.25) is 5.92 Å². The predicted molar refractivity (Wildman–Crippen MR) is 125 cm³/mol. The Morgan fingerprint density at radius 1 is 1.16 bits per heavy atom. The molecule has 2 N–H and O–H groups in total. The van der Waals surface area contributed by atoms with Gasteiger partial charge < -0.3 is 15.1 Å². The van der Waals surface area contributed by atoms with E-state index in [0.717, 1.165) is 32.0 Å². The number of alkyl halides is 2. The van der Waals surface area contributed by atoms with Crippen LogP contribution in [0.3, 0.4) is 0 Å². The molecule has 1 heterocycles. The lowest BCUT2D eigenvalue weighted by atomic mass is 9.61. The van der Waals surface area contributed by atoms with E-state index in [9.17, 15) is 19.0 Å². The number of hydrogen-bond acceptors (Lipinski definition) is 3. The third kappa shape index (κ3) is 5.15. The molecule has 4 aliphatic rings. The van der Waals surface area contributed by atoms with Crippen molar-refractivity contribution < 1.29 is 19.0 Å². The second-order valence-electron chi connectivity index (χ2n) is 11.8. The number of halogens is 2. The summed E-state index contributed by atoms with van der Waals surface area (Å²) in [6.07, 6.45) is 12.2. The first-order chi connectivity index (χ1) is 15.1. The van der Waals surface area contributed by atoms with Crippen molar-refractivity contribution in [1.29, 1.82) is 0 Å². The monoisotopic (exact) mass is 451 g/mol. The Balaban J connectivity index is 1.41. The molecule has 2 unspecified atom stereocenters. The molecule has 3 aliphatic carbocycles. The SMILES string of the molecule is CC(CN1CCC(C(C)(F)F)C1)[C@H]1CC[C@H]2C(=CC=C3C[C@@H](O)C[C@@H](O)C3)CCC[C@]12C. The quantitative estimate of drug-likeness (QED) is 0.574. The van der Waals surface area contributed by atoms with Gasteiger partial charge in [0.15, 0.2) is 0 Å². The Hall–Kier alpha value is -0.780. The summed E-state index contributed by atoms with van der Waals surface area (Å²) in [5, 5.41) is 20.0. The van der Waals surface area contributed by atoms with Crippen LogP contribution in [0.4, 0.5) is 8.78 Å². The normalized spacial score (nSPS) is 42.5. The highest BCUT2D eigenvalue weighted by Crippen LogP contribution is 2.59. The Kier molecular flexibility index (Phi) is 7.20. The summed E-state index contributed by atoms with van der Waals surface area (Å²) in [5.41, 5.74) is 3.00. The van der Waals surface area contributed by atoms with E-state index >= 15 is 0 Å². The van der Waals surface area contributed by atoms with Gasteiger partial charge in [0, 0.05) is 19.0 Å². The molecule has 0 radical (unpaired) electrons. The van der Waals surface area contributed by atoms with Crippen LogP contribution >= 0.6 is 0 Å². The summed E-state index contributed by atoms with van der Waals surface area (Å²) in [4.78, 5) is 2.28. The number of rotatable bonds is 5. The van der Waals surface area contributed by atoms with Crippen molar-refractivity contribution in [3.05, 3.63) is 23.3 Å². The second kappa shape index (κ2) is 9.46. The average Bonchev–Trinajstić information content (AvgIpc) is 3.29. The van der Waals surface area contributed by atoms with Gasteiger partial charge in [-0.05, 0) is 94.4 Å². The molecule has 7 atom stereocenters. The third-order valence-corrected chi connectivity index (χ3v) is 9.33. The van der Waals surface area contributed by atoms with Crippen molar-refractivity contribution >= 4 is 0 Å². The summed E-state index contributed by atoms with van der Waals surface area (Å²) < 4.78 is 27.5. The molecule has 5 heteroatoms. The first-order valence-electron chi connectivity index (χ1n) is 12.9. The van der Waals surface area contributed by atoms with Crippen molar-refractivity contribution in [2.45, 2.75) is 96.7 Å². The maximum Gasteiger partial charge on any atom is 0.249 e. The summed E-state index contributed by atoms with van der Waals surface area (Å²) in [7, 11) is 0. The fourth-order valence-corrected chi connectivity index (χ4v) is 7.69. The standard InChI is InChI=1S/C27H43F2NO2/c1-18(16-30-12-10-21(17-30)27(3,28)29)24-8-9-25-20(5-4-11-26(24,25)2)7-6-19-13-22(31)15-23(32)14-19/h6-7,18,21-25,31-32H,4-5,8-17H2,1-3H3/t18?,21?,22-,23+,24-,25+,26-/m1/s1. The summed E-state index contributed by atoms with van der Waals surface area (Å²) in [5.74, 6) is -1.29. The molecule has 0 aromatic carbocycles. The molecular formula is C27H43F2NO2. The third-order valence-electron chi connectivity index (χ3n) is 9.33. The van der Waals surface area contributed by atoms with Crippen molar-refractivity contribution in [3.8, 4) is 0 Å². The number of aliphatic hydroxyl groups is 2. The minimum Gasteiger partial charge on any atom is -0.393 e. The van der Waals surface area contributed by atoms with Gasteiger partial charge in [-0.1, -0.05) is 37.1 Å². The molecule has 3 saturated carbocycles. The summed E-state index contributed by atoms with van der Waals surface area (Å²) in [6.45, 7) is 8.19. The molecule has 0 aromatic heterocycles. The van der Waals surface area contributed by atoms with Gasteiger partial charge in [0.1, 0.15) is 0 Å². The highest BCUT2D eigenvalue weighted by atomic mass is 19.3. The van der Waals surface area contributed by atoms with Crippen LogP contribution in [0.15, 0.2) is 23.3 Å². The Morgan fingerprint density at radius 3 is 2.53 bits per heavy atom. The molecule has 1 aliphatic heterocycles. The van der Waals surface area contributed by atoms with Gasteiger partial charge in [0.05, 0.1) is 12.2 Å². The topological polar surface area (TPSA) is 43.7 Å². The van der Waals surface area contributed by atoms with E-state index in [4.69, 9.17) is 0 Å². The zero-order chi connectivity index (χ0) is 23.1. The molecule has 3 nitrogen and oxygen atoms in total. The Bertz CT molecular complexity index is 718. The van der Waals surface area contributed by atoms with Crippen LogP contribution in [0.5, 0.6) is 0 Å². The molecule has 0 bridgehead atoms. The van der Waals surface area contributed by atoms with Crippen LogP contribution in [-0.2, 0) is 0 Å². The molecule has 0 aromatic rings.